The fourth-order valence-corrected chi connectivity index (χ4v) is 5.17. The van der Waals surface area contributed by atoms with Gasteiger partial charge in [-0.25, -0.2) is 4.79 Å². The van der Waals surface area contributed by atoms with Gasteiger partial charge in [-0.1, -0.05) is 26.8 Å². The number of rotatable bonds is 9. The van der Waals surface area contributed by atoms with E-state index in [0.29, 0.717) is 53.1 Å². The molecular formula is C36H45N3O7. The van der Waals surface area contributed by atoms with Gasteiger partial charge in [-0.15, -0.1) is 5.06 Å². The first-order valence-corrected chi connectivity index (χ1v) is 15.5. The van der Waals surface area contributed by atoms with Gasteiger partial charge in [-0.2, -0.15) is 0 Å². The van der Waals surface area contributed by atoms with E-state index in [1.807, 2.05) is 45.9 Å². The predicted octanol–water partition coefficient (Wildman–Crippen LogP) is 7.67. The number of aldehydes is 1. The number of carbonyl (C=O) groups excluding carboxylic acids is 3. The number of pyridine rings is 1. The maximum Gasteiger partial charge on any atom is 0.528 e. The highest BCUT2D eigenvalue weighted by Gasteiger charge is 2.26. The van der Waals surface area contributed by atoms with E-state index in [9.17, 15) is 14.4 Å². The van der Waals surface area contributed by atoms with E-state index in [1.165, 1.54) is 7.11 Å². The van der Waals surface area contributed by atoms with Crippen LogP contribution in [0.15, 0.2) is 48.7 Å². The summed E-state index contributed by atoms with van der Waals surface area (Å²) >= 11 is 0. The Morgan fingerprint density at radius 1 is 1.02 bits per heavy atom. The third kappa shape index (κ3) is 9.29. The smallest absolute Gasteiger partial charge is 0.494 e. The molecule has 10 heteroatoms. The first kappa shape index (κ1) is 34.4. The van der Waals surface area contributed by atoms with Crippen LogP contribution in [0, 0.1) is 12.8 Å². The number of hydrogen-bond acceptors (Lipinski definition) is 9. The molecule has 4 rings (SSSR count). The maximum atomic E-state index is 13.4. The second-order valence-corrected chi connectivity index (χ2v) is 13.7. The number of anilines is 1. The molecule has 2 heterocycles. The Hall–Kier alpha value is -4.44. The number of methoxy groups -OCH3 is 1. The first-order valence-electron chi connectivity index (χ1n) is 15.5. The van der Waals surface area contributed by atoms with E-state index in [0.717, 1.165) is 42.4 Å². The van der Waals surface area contributed by atoms with Gasteiger partial charge < -0.3 is 24.4 Å². The summed E-state index contributed by atoms with van der Waals surface area (Å²) in [6.45, 7) is 14.7. The number of amides is 1. The monoisotopic (exact) mass is 631 g/mol. The van der Waals surface area contributed by atoms with Crippen LogP contribution in [-0.4, -0.2) is 54.2 Å². The summed E-state index contributed by atoms with van der Waals surface area (Å²) in [7, 11) is 1.47. The van der Waals surface area contributed by atoms with Crippen LogP contribution in [0.2, 0.25) is 0 Å². The average Bonchev–Trinajstić information content (AvgIpc) is 2.97. The topological polar surface area (TPSA) is 116 Å². The van der Waals surface area contributed by atoms with Crippen LogP contribution in [0.25, 0.3) is 0 Å². The van der Waals surface area contributed by atoms with Gasteiger partial charge in [0.15, 0.2) is 12.0 Å². The fourth-order valence-electron chi connectivity index (χ4n) is 5.17. The normalized spacial score (nSPS) is 14.3. The van der Waals surface area contributed by atoms with Gasteiger partial charge in [-0.05, 0) is 99.7 Å². The van der Waals surface area contributed by atoms with Gasteiger partial charge in [0.2, 0.25) is 0 Å². The number of ether oxygens (including phenoxy) is 3. The van der Waals surface area contributed by atoms with E-state index in [-0.39, 0.29) is 11.3 Å². The molecule has 0 bridgehead atoms. The Morgan fingerprint density at radius 3 is 2.37 bits per heavy atom. The maximum absolute atomic E-state index is 13.4. The number of benzene rings is 2. The average molecular weight is 632 g/mol. The minimum atomic E-state index is -0.684. The minimum Gasteiger partial charge on any atom is -0.494 e. The van der Waals surface area contributed by atoms with Gasteiger partial charge in [0, 0.05) is 36.6 Å². The van der Waals surface area contributed by atoms with E-state index in [4.69, 9.17) is 19.0 Å². The predicted molar refractivity (Wildman–Crippen MR) is 176 cm³/mol. The zero-order chi connectivity index (χ0) is 33.6. The van der Waals surface area contributed by atoms with E-state index in [2.05, 4.69) is 10.3 Å². The molecule has 1 aromatic heterocycles. The van der Waals surface area contributed by atoms with Crippen LogP contribution < -0.4 is 14.8 Å². The summed E-state index contributed by atoms with van der Waals surface area (Å²) in [5, 5.41) is 4.58. The zero-order valence-electron chi connectivity index (χ0n) is 28.1. The van der Waals surface area contributed by atoms with Crippen molar-refractivity contribution in [3.05, 3.63) is 76.6 Å². The van der Waals surface area contributed by atoms with Crippen LogP contribution in [0.3, 0.4) is 0 Å². The highest BCUT2D eigenvalue weighted by atomic mass is 16.8. The molecule has 1 amide bonds. The van der Waals surface area contributed by atoms with E-state index < -0.39 is 11.8 Å². The lowest BCUT2D eigenvalue weighted by Crippen LogP contribution is -2.38. The van der Waals surface area contributed by atoms with Crippen molar-refractivity contribution in [2.45, 2.75) is 78.7 Å². The Balaban J connectivity index is 1.42. The minimum absolute atomic E-state index is 0.245. The number of hydroxylamine groups is 2. The molecule has 0 atom stereocenters. The second-order valence-electron chi connectivity index (χ2n) is 13.7. The number of piperidine rings is 1. The van der Waals surface area contributed by atoms with Gasteiger partial charge in [0.25, 0.3) is 5.91 Å². The third-order valence-corrected chi connectivity index (χ3v) is 7.69. The van der Waals surface area contributed by atoms with Crippen LogP contribution in [0.1, 0.15) is 91.9 Å². The number of aromatic nitrogens is 1. The summed E-state index contributed by atoms with van der Waals surface area (Å²) in [6.07, 6.45) is 4.23. The lowest BCUT2D eigenvalue weighted by atomic mass is 9.85. The van der Waals surface area contributed by atoms with Gasteiger partial charge in [-0.3, -0.25) is 14.6 Å². The molecule has 2 aromatic carbocycles. The van der Waals surface area contributed by atoms with Crippen molar-refractivity contribution in [1.29, 1.82) is 0 Å². The quantitative estimate of drug-likeness (QED) is 0.188. The molecule has 0 radical (unpaired) electrons. The van der Waals surface area contributed by atoms with Crippen molar-refractivity contribution >= 4 is 24.0 Å². The van der Waals surface area contributed by atoms with E-state index >= 15 is 0 Å². The van der Waals surface area contributed by atoms with Crippen molar-refractivity contribution in [3.8, 4) is 17.2 Å². The molecule has 46 heavy (non-hydrogen) atoms. The van der Waals surface area contributed by atoms with Crippen LogP contribution >= 0.6 is 0 Å². The molecule has 0 saturated carbocycles. The summed E-state index contributed by atoms with van der Waals surface area (Å²) in [4.78, 5) is 47.1. The second kappa shape index (κ2) is 14.3. The van der Waals surface area contributed by atoms with Crippen molar-refractivity contribution < 1.29 is 33.4 Å². The number of hydrogen-bond donors (Lipinski definition) is 1. The summed E-state index contributed by atoms with van der Waals surface area (Å²) in [5.41, 5.74) is 2.99. The van der Waals surface area contributed by atoms with Crippen molar-refractivity contribution in [3.63, 3.8) is 0 Å². The SMILES string of the molecule is COc1c(C=O)cc(C(C)(C)C)cc1NC(=O)c1ccc(C)c(Oc2ccnc(CC3CCN(OC(=O)OC(C)(C)C)CC3)c2)c1. The highest BCUT2D eigenvalue weighted by Crippen LogP contribution is 2.35. The molecule has 1 fully saturated rings. The number of carbonyl (C=O) groups is 3. The van der Waals surface area contributed by atoms with E-state index in [1.54, 1.807) is 56.3 Å². The molecule has 0 spiro atoms. The van der Waals surface area contributed by atoms with Crippen LogP contribution in [0.4, 0.5) is 10.5 Å². The molecule has 0 unspecified atom stereocenters. The molecule has 0 aliphatic carbocycles. The lowest BCUT2D eigenvalue weighted by molar-refractivity contribution is -0.155. The number of nitrogens with one attached hydrogen (secondary N) is 1. The Bertz CT molecular complexity index is 1560. The summed E-state index contributed by atoms with van der Waals surface area (Å²) < 4.78 is 17.0. The Kier molecular flexibility index (Phi) is 10.7. The summed E-state index contributed by atoms with van der Waals surface area (Å²) in [6, 6.07) is 12.6. The molecule has 1 aliphatic rings. The largest absolute Gasteiger partial charge is 0.528 e. The molecule has 1 aliphatic heterocycles. The number of nitrogens with zero attached hydrogens (tertiary/aromatic N) is 2. The highest BCUT2D eigenvalue weighted by molar-refractivity contribution is 6.06. The molecule has 10 nitrogen and oxygen atoms in total. The number of aryl methyl sites for hydroxylation is 1. The zero-order valence-corrected chi connectivity index (χ0v) is 28.1. The van der Waals surface area contributed by atoms with Crippen molar-refractivity contribution in [2.24, 2.45) is 5.92 Å². The molecular weight excluding hydrogens is 586 g/mol. The molecule has 3 aromatic rings. The lowest BCUT2D eigenvalue weighted by Gasteiger charge is -2.30. The molecule has 1 saturated heterocycles. The first-order chi connectivity index (χ1) is 21.6. The Labute approximate surface area is 271 Å². The fraction of sp³-hybridized carbons (Fsp3) is 0.444. The van der Waals surface area contributed by atoms with Gasteiger partial charge in [0.05, 0.1) is 18.4 Å². The Morgan fingerprint density at radius 2 is 1.74 bits per heavy atom. The van der Waals surface area contributed by atoms with Crippen molar-refractivity contribution in [1.82, 2.24) is 10.0 Å². The van der Waals surface area contributed by atoms with Crippen LogP contribution in [0.5, 0.6) is 17.2 Å². The van der Waals surface area contributed by atoms with Gasteiger partial charge in [0.1, 0.15) is 17.1 Å². The van der Waals surface area contributed by atoms with Gasteiger partial charge >= 0.3 is 6.16 Å². The molecule has 246 valence electrons. The molecule has 1 N–H and O–H groups in total. The third-order valence-electron chi connectivity index (χ3n) is 7.69. The van der Waals surface area contributed by atoms with Crippen LogP contribution in [-0.2, 0) is 21.4 Å². The van der Waals surface area contributed by atoms with Crippen molar-refractivity contribution in [2.75, 3.05) is 25.5 Å². The summed E-state index contributed by atoms with van der Waals surface area (Å²) in [5.74, 6) is 1.49. The standard InChI is InChI=1S/C36H45N3O7/c1-23-9-10-25(33(41)38-30-20-27(35(2,3)4)18-26(22-40)32(30)43-8)19-31(23)44-29-11-14-37-28(21-29)17-24-12-15-39(16-13-24)46-34(42)45-36(5,6)7/h9-11,14,18-22,24H,12-13,15-17H2,1-8H3,(H,38,41).